The molecule has 0 radical (unpaired) electrons. The van der Waals surface area contributed by atoms with Crippen molar-refractivity contribution in [2.45, 2.75) is 45.9 Å². The molecule has 0 N–H and O–H groups in total. The fraction of sp³-hybridized carbons (Fsp3) is 0.406. The van der Waals surface area contributed by atoms with E-state index in [1.54, 1.807) is 7.11 Å². The Morgan fingerprint density at radius 3 is 2.48 bits per heavy atom. The Balaban J connectivity index is 1.47. The lowest BCUT2D eigenvalue weighted by molar-refractivity contribution is -0.143. The molecule has 222 valence electrons. The molecule has 5 rings (SSSR count). The summed E-state index contributed by atoms with van der Waals surface area (Å²) in [6, 6.07) is 15.1. The van der Waals surface area contributed by atoms with Crippen molar-refractivity contribution in [1.82, 2.24) is 14.7 Å². The van der Waals surface area contributed by atoms with E-state index >= 15 is 0 Å². The molecule has 1 amide bonds. The molecule has 1 atom stereocenters. The molecule has 3 heterocycles. The Bertz CT molecular complexity index is 1410. The van der Waals surface area contributed by atoms with E-state index in [-0.39, 0.29) is 18.4 Å². The number of nitrogens with zero attached hydrogens (tertiary/aromatic N) is 4. The highest BCUT2D eigenvalue weighted by Gasteiger charge is 2.42. The quantitative estimate of drug-likeness (QED) is 0.379. The average Bonchev–Trinajstić information content (AvgIpc) is 3.37. The Hall–Kier alpha value is -3.76. The van der Waals surface area contributed by atoms with Gasteiger partial charge in [0.2, 0.25) is 5.91 Å². The number of likely N-dealkylation sites (N-methyl/N-ethyl adjacent to an activating group) is 1. The largest absolute Gasteiger partial charge is 0.493 e. The fourth-order valence-electron chi connectivity index (χ4n) is 5.26. The minimum atomic E-state index is -0.553. The summed E-state index contributed by atoms with van der Waals surface area (Å²) in [6.45, 7) is 8.98. The molecule has 3 aliphatic rings. The van der Waals surface area contributed by atoms with E-state index < -0.39 is 12.0 Å². The molecular formula is C32H38N4O5S. The number of piperazine rings is 1. The summed E-state index contributed by atoms with van der Waals surface area (Å²) >= 11 is 1.46. The summed E-state index contributed by atoms with van der Waals surface area (Å²) < 4.78 is 17.6. The average molecular weight is 591 g/mol. The zero-order chi connectivity index (χ0) is 29.8. The molecule has 0 bridgehead atoms. The van der Waals surface area contributed by atoms with Gasteiger partial charge in [-0.2, -0.15) is 0 Å². The van der Waals surface area contributed by atoms with Gasteiger partial charge in [0.1, 0.15) is 6.61 Å². The van der Waals surface area contributed by atoms with Gasteiger partial charge in [-0.25, -0.2) is 9.79 Å². The second-order valence-electron chi connectivity index (χ2n) is 10.9. The summed E-state index contributed by atoms with van der Waals surface area (Å²) in [7, 11) is 3.67. The normalized spacial score (nSPS) is 19.0. The molecule has 3 aliphatic heterocycles. The maximum atomic E-state index is 13.5. The van der Waals surface area contributed by atoms with E-state index in [0.717, 1.165) is 35.1 Å². The van der Waals surface area contributed by atoms with E-state index in [1.807, 2.05) is 84.5 Å². The molecule has 10 heteroatoms. The molecular weight excluding hydrogens is 552 g/mol. The predicted octanol–water partition coefficient (Wildman–Crippen LogP) is 4.96. The van der Waals surface area contributed by atoms with Crippen molar-refractivity contribution in [3.8, 4) is 11.5 Å². The molecule has 9 nitrogen and oxygen atoms in total. The highest BCUT2D eigenvalue weighted by Crippen LogP contribution is 2.46. The van der Waals surface area contributed by atoms with Crippen LogP contribution in [0.5, 0.6) is 11.5 Å². The first-order valence-electron chi connectivity index (χ1n) is 14.2. The number of hydrogen-bond acceptors (Lipinski definition) is 9. The molecule has 0 spiro atoms. The predicted molar refractivity (Wildman–Crippen MR) is 164 cm³/mol. The fourth-order valence-corrected chi connectivity index (χ4v) is 6.22. The van der Waals surface area contributed by atoms with Crippen LogP contribution in [0.1, 0.15) is 44.4 Å². The zero-order valence-electron chi connectivity index (χ0n) is 24.8. The zero-order valence-corrected chi connectivity index (χ0v) is 25.6. The number of amidine groups is 1. The number of rotatable bonds is 9. The molecule has 0 saturated carbocycles. The lowest BCUT2D eigenvalue weighted by Gasteiger charge is -2.37. The lowest BCUT2D eigenvalue weighted by Crippen LogP contribution is -2.47. The Morgan fingerprint density at radius 1 is 1.05 bits per heavy atom. The van der Waals surface area contributed by atoms with Gasteiger partial charge in [-0.05, 0) is 56.5 Å². The van der Waals surface area contributed by atoms with Crippen LogP contribution in [0.25, 0.3) is 0 Å². The third-order valence-corrected chi connectivity index (χ3v) is 8.38. The smallest absolute Gasteiger partial charge is 0.338 e. The van der Waals surface area contributed by atoms with Crippen molar-refractivity contribution in [2.24, 2.45) is 4.99 Å². The van der Waals surface area contributed by atoms with Crippen molar-refractivity contribution >= 4 is 28.8 Å². The number of carbonyl (C=O) groups excluding carboxylic acids is 2. The van der Waals surface area contributed by atoms with Gasteiger partial charge in [0.25, 0.3) is 0 Å². The minimum absolute atomic E-state index is 0.0646. The van der Waals surface area contributed by atoms with Crippen LogP contribution < -0.4 is 9.47 Å². The summed E-state index contributed by atoms with van der Waals surface area (Å²) in [5.74, 6) is 0.779. The van der Waals surface area contributed by atoms with Crippen LogP contribution in [0.3, 0.4) is 0 Å². The van der Waals surface area contributed by atoms with Gasteiger partial charge in [-0.1, -0.05) is 48.2 Å². The molecule has 1 unspecified atom stereocenters. The second-order valence-corrected chi connectivity index (χ2v) is 11.7. The Morgan fingerprint density at radius 2 is 1.79 bits per heavy atom. The van der Waals surface area contributed by atoms with E-state index in [0.29, 0.717) is 42.5 Å². The summed E-state index contributed by atoms with van der Waals surface area (Å²) in [4.78, 5) is 37.8. The van der Waals surface area contributed by atoms with E-state index in [2.05, 4.69) is 11.9 Å². The SMILES string of the molecule is COc1cc(C2C(C(=O)OC(C)C)=C(C)N=C3SC=C(CC(=O)N4CCN(C)CC4)N32)ccc1OCc1ccccc1. The highest BCUT2D eigenvalue weighted by atomic mass is 32.2. The van der Waals surface area contributed by atoms with E-state index in [1.165, 1.54) is 11.8 Å². The number of ether oxygens (including phenoxy) is 3. The maximum Gasteiger partial charge on any atom is 0.338 e. The van der Waals surface area contributed by atoms with Crippen LogP contribution in [0.15, 0.2) is 75.9 Å². The summed E-state index contributed by atoms with van der Waals surface area (Å²) in [5, 5.41) is 2.70. The van der Waals surface area contributed by atoms with Gasteiger partial charge in [0.05, 0.1) is 36.9 Å². The maximum absolute atomic E-state index is 13.5. The van der Waals surface area contributed by atoms with Gasteiger partial charge in [0.15, 0.2) is 16.7 Å². The number of carbonyl (C=O) groups is 2. The molecule has 0 aliphatic carbocycles. The van der Waals surface area contributed by atoms with Crippen LogP contribution in [0.2, 0.25) is 0 Å². The number of amides is 1. The highest BCUT2D eigenvalue weighted by molar-refractivity contribution is 8.16. The van der Waals surface area contributed by atoms with Crippen molar-refractivity contribution < 1.29 is 23.8 Å². The van der Waals surface area contributed by atoms with Gasteiger partial charge < -0.3 is 28.9 Å². The molecule has 1 saturated heterocycles. The third-order valence-electron chi connectivity index (χ3n) is 7.49. The van der Waals surface area contributed by atoms with Crippen LogP contribution in [0, 0.1) is 0 Å². The first-order valence-corrected chi connectivity index (χ1v) is 15.1. The number of methoxy groups -OCH3 is 1. The van der Waals surface area contributed by atoms with Crippen LogP contribution >= 0.6 is 11.8 Å². The van der Waals surface area contributed by atoms with Crippen molar-refractivity contribution in [3.05, 3.63) is 82.0 Å². The monoisotopic (exact) mass is 590 g/mol. The molecule has 1 fully saturated rings. The van der Waals surface area contributed by atoms with Crippen LogP contribution in [-0.4, -0.2) is 78.2 Å². The van der Waals surface area contributed by atoms with E-state index in [9.17, 15) is 9.59 Å². The number of aliphatic imine (C=N–C) groups is 1. The first-order chi connectivity index (χ1) is 20.2. The number of hydrogen-bond donors (Lipinski definition) is 0. The number of thioether (sulfide) groups is 1. The molecule has 0 aromatic heterocycles. The molecule has 42 heavy (non-hydrogen) atoms. The number of esters is 1. The van der Waals surface area contributed by atoms with Gasteiger partial charge >= 0.3 is 5.97 Å². The number of fused-ring (bicyclic) bond motifs is 1. The summed E-state index contributed by atoms with van der Waals surface area (Å²) in [5.41, 5.74) is 3.68. The minimum Gasteiger partial charge on any atom is -0.493 e. The number of benzene rings is 2. The molecule has 2 aromatic carbocycles. The van der Waals surface area contributed by atoms with Crippen molar-refractivity contribution in [1.29, 1.82) is 0 Å². The van der Waals surface area contributed by atoms with Gasteiger partial charge in [-0.3, -0.25) is 4.79 Å². The summed E-state index contributed by atoms with van der Waals surface area (Å²) in [6.07, 6.45) is -0.0818. The van der Waals surface area contributed by atoms with Gasteiger partial charge in [-0.15, -0.1) is 0 Å². The van der Waals surface area contributed by atoms with Crippen LogP contribution in [0.4, 0.5) is 0 Å². The first kappa shape index (κ1) is 29.7. The van der Waals surface area contributed by atoms with Crippen LogP contribution in [-0.2, 0) is 20.9 Å². The Labute approximate surface area is 251 Å². The topological polar surface area (TPSA) is 83.9 Å². The van der Waals surface area contributed by atoms with Crippen molar-refractivity contribution in [2.75, 3.05) is 40.3 Å². The molecule has 2 aromatic rings. The lowest BCUT2D eigenvalue weighted by atomic mass is 9.93. The standard InChI is InChI=1S/C32H38N4O5S/c1-21(2)41-31(38)29-22(3)33-32-36(25(20-42-32)18-28(37)35-15-13-34(4)14-16-35)30(29)24-11-12-26(27(17-24)39-5)40-19-23-9-7-6-8-10-23/h6-12,17,20-21,30H,13-16,18-19H2,1-5H3. The van der Waals surface area contributed by atoms with E-state index in [4.69, 9.17) is 19.2 Å². The third kappa shape index (κ3) is 6.50. The van der Waals surface area contributed by atoms with Crippen molar-refractivity contribution in [3.63, 3.8) is 0 Å². The Kier molecular flexibility index (Phi) is 9.23. The second kappa shape index (κ2) is 13.0. The number of allylic oxidation sites excluding steroid dienone is 1. The van der Waals surface area contributed by atoms with Gasteiger partial charge in [0, 0.05) is 31.9 Å².